The molecular weight excluding hydrogens is 194 g/mol. The maximum atomic E-state index is 5.79. The van der Waals surface area contributed by atoms with Gasteiger partial charge in [0.2, 0.25) is 0 Å². The van der Waals surface area contributed by atoms with Gasteiger partial charge in [-0.15, -0.1) is 11.8 Å². The van der Waals surface area contributed by atoms with Crippen molar-refractivity contribution in [3.8, 4) is 0 Å². The monoisotopic (exact) mass is 209 g/mol. The average Bonchev–Trinajstić information content (AvgIpc) is 2.12. The van der Waals surface area contributed by atoms with E-state index >= 15 is 0 Å². The molecule has 0 unspecified atom stereocenters. The summed E-state index contributed by atoms with van der Waals surface area (Å²) in [5, 5.41) is 3.28. The third kappa shape index (κ3) is 2.39. The van der Waals surface area contributed by atoms with E-state index in [-0.39, 0.29) is 0 Å². The molecular formula is C10H15N3S. The lowest BCUT2D eigenvalue weighted by molar-refractivity contribution is 0.341. The molecule has 2 rings (SSSR count). The predicted octanol–water partition coefficient (Wildman–Crippen LogP) is 1.37. The van der Waals surface area contributed by atoms with Gasteiger partial charge in [0.15, 0.2) is 0 Å². The van der Waals surface area contributed by atoms with Crippen LogP contribution in [0, 0.1) is 5.92 Å². The Labute approximate surface area is 88.5 Å². The number of thioether (sulfide) groups is 1. The zero-order valence-electron chi connectivity index (χ0n) is 8.07. The largest absolute Gasteiger partial charge is 0.397 e. The highest BCUT2D eigenvalue weighted by molar-refractivity contribution is 7.99. The Morgan fingerprint density at radius 3 is 3.07 bits per heavy atom. The predicted molar refractivity (Wildman–Crippen MR) is 60.4 cm³/mol. The lowest BCUT2D eigenvalue weighted by atomic mass is 10.0. The summed E-state index contributed by atoms with van der Waals surface area (Å²) < 4.78 is 0. The molecule has 1 aliphatic rings. The first-order valence-electron chi connectivity index (χ1n) is 4.89. The van der Waals surface area contributed by atoms with Crippen LogP contribution in [0.1, 0.15) is 6.42 Å². The molecule has 0 radical (unpaired) electrons. The zero-order chi connectivity index (χ0) is 9.80. The van der Waals surface area contributed by atoms with E-state index in [0.29, 0.717) is 0 Å². The number of pyridine rings is 1. The van der Waals surface area contributed by atoms with E-state index in [4.69, 9.17) is 5.73 Å². The molecule has 0 bridgehead atoms. The lowest BCUT2D eigenvalue weighted by Gasteiger charge is -2.26. The van der Waals surface area contributed by atoms with Gasteiger partial charge in [-0.1, -0.05) is 0 Å². The second-order valence-corrected chi connectivity index (χ2v) is 4.71. The number of nitrogens with two attached hydrogens (primary N) is 1. The summed E-state index contributed by atoms with van der Waals surface area (Å²) in [7, 11) is 0. The van der Waals surface area contributed by atoms with Gasteiger partial charge in [0.25, 0.3) is 0 Å². The van der Waals surface area contributed by atoms with Crippen molar-refractivity contribution >= 4 is 17.4 Å². The second-order valence-electron chi connectivity index (χ2n) is 3.57. The van der Waals surface area contributed by atoms with Crippen molar-refractivity contribution in [3.63, 3.8) is 0 Å². The quantitative estimate of drug-likeness (QED) is 0.735. The van der Waals surface area contributed by atoms with Crippen LogP contribution in [-0.2, 0) is 0 Å². The van der Waals surface area contributed by atoms with Crippen LogP contribution in [0.25, 0.3) is 0 Å². The summed E-state index contributed by atoms with van der Waals surface area (Å²) in [5.41, 5.74) is 6.58. The van der Waals surface area contributed by atoms with Crippen molar-refractivity contribution in [1.29, 1.82) is 0 Å². The smallest absolute Gasteiger partial charge is 0.0638 e. The highest BCUT2D eigenvalue weighted by atomic mass is 32.2. The van der Waals surface area contributed by atoms with E-state index in [1.165, 1.54) is 19.5 Å². The molecule has 1 saturated heterocycles. The molecule has 1 aliphatic heterocycles. The fourth-order valence-corrected chi connectivity index (χ4v) is 2.46. The highest BCUT2D eigenvalue weighted by Gasteiger charge is 2.15. The van der Waals surface area contributed by atoms with E-state index in [0.717, 1.165) is 22.3 Å². The Balaban J connectivity index is 1.76. The van der Waals surface area contributed by atoms with Crippen molar-refractivity contribution in [2.75, 3.05) is 24.6 Å². The van der Waals surface area contributed by atoms with Crippen molar-refractivity contribution in [2.24, 2.45) is 5.92 Å². The van der Waals surface area contributed by atoms with Crippen LogP contribution >= 0.6 is 11.8 Å². The van der Waals surface area contributed by atoms with Gasteiger partial charge in [-0.2, -0.15) is 0 Å². The maximum Gasteiger partial charge on any atom is 0.0638 e. The molecule has 0 atom stereocenters. The van der Waals surface area contributed by atoms with Gasteiger partial charge in [-0.3, -0.25) is 4.98 Å². The molecule has 3 nitrogen and oxygen atoms in total. The Morgan fingerprint density at radius 2 is 2.43 bits per heavy atom. The van der Waals surface area contributed by atoms with Gasteiger partial charge in [0, 0.05) is 11.1 Å². The van der Waals surface area contributed by atoms with Gasteiger partial charge in [0.1, 0.15) is 0 Å². The summed E-state index contributed by atoms with van der Waals surface area (Å²) in [5.74, 6) is 2.03. The number of aromatic nitrogens is 1. The molecule has 0 aromatic carbocycles. The third-order valence-electron chi connectivity index (χ3n) is 2.46. The number of anilines is 1. The lowest BCUT2D eigenvalue weighted by Crippen LogP contribution is -2.42. The van der Waals surface area contributed by atoms with Gasteiger partial charge in [-0.25, -0.2) is 0 Å². The fraction of sp³-hybridized carbons (Fsp3) is 0.500. The Kier molecular flexibility index (Phi) is 3.26. The molecule has 0 saturated carbocycles. The first kappa shape index (κ1) is 9.80. The number of hydrogen-bond donors (Lipinski definition) is 2. The zero-order valence-corrected chi connectivity index (χ0v) is 8.89. The molecule has 0 amide bonds. The van der Waals surface area contributed by atoms with Gasteiger partial charge >= 0.3 is 0 Å². The molecule has 3 N–H and O–H groups in total. The molecule has 1 aromatic heterocycles. The van der Waals surface area contributed by atoms with Crippen molar-refractivity contribution in [3.05, 3.63) is 18.5 Å². The van der Waals surface area contributed by atoms with Crippen molar-refractivity contribution in [2.45, 2.75) is 11.3 Å². The first-order chi connectivity index (χ1) is 6.86. The van der Waals surface area contributed by atoms with Crippen molar-refractivity contribution < 1.29 is 0 Å². The van der Waals surface area contributed by atoms with Crippen LogP contribution in [0.2, 0.25) is 0 Å². The Bertz CT molecular complexity index is 299. The molecule has 14 heavy (non-hydrogen) atoms. The fourth-order valence-electron chi connectivity index (χ4n) is 1.41. The standard InChI is InChI=1S/C10H15N3S/c11-9-7-12-3-1-10(9)14-4-2-8-5-13-6-8/h1,3,7-8,13H,2,4-6,11H2. The first-order valence-corrected chi connectivity index (χ1v) is 5.88. The number of nitrogens with zero attached hydrogens (tertiary/aromatic N) is 1. The molecule has 1 fully saturated rings. The van der Waals surface area contributed by atoms with Gasteiger partial charge in [0.05, 0.1) is 11.9 Å². The molecule has 76 valence electrons. The number of nitrogens with one attached hydrogen (secondary N) is 1. The summed E-state index contributed by atoms with van der Waals surface area (Å²) in [6.07, 6.45) is 4.79. The Morgan fingerprint density at radius 1 is 1.57 bits per heavy atom. The molecule has 1 aromatic rings. The van der Waals surface area contributed by atoms with E-state index < -0.39 is 0 Å². The van der Waals surface area contributed by atoms with E-state index in [1.807, 2.05) is 17.8 Å². The normalized spacial score (nSPS) is 16.6. The highest BCUT2D eigenvalue weighted by Crippen LogP contribution is 2.25. The van der Waals surface area contributed by atoms with E-state index in [9.17, 15) is 0 Å². The number of hydrogen-bond acceptors (Lipinski definition) is 4. The van der Waals surface area contributed by atoms with Crippen LogP contribution in [0.5, 0.6) is 0 Å². The molecule has 2 heterocycles. The van der Waals surface area contributed by atoms with Crippen LogP contribution in [-0.4, -0.2) is 23.8 Å². The topological polar surface area (TPSA) is 50.9 Å². The van der Waals surface area contributed by atoms with E-state index in [1.54, 1.807) is 12.4 Å². The van der Waals surface area contributed by atoms with Crippen LogP contribution in [0.15, 0.2) is 23.4 Å². The van der Waals surface area contributed by atoms with E-state index in [2.05, 4.69) is 10.3 Å². The maximum absolute atomic E-state index is 5.79. The SMILES string of the molecule is Nc1cnccc1SCCC1CNC1. The minimum absolute atomic E-state index is 0.796. The summed E-state index contributed by atoms with van der Waals surface area (Å²) in [6.45, 7) is 2.37. The summed E-state index contributed by atoms with van der Waals surface area (Å²) in [4.78, 5) is 5.13. The summed E-state index contributed by atoms with van der Waals surface area (Å²) >= 11 is 1.83. The minimum Gasteiger partial charge on any atom is -0.397 e. The second kappa shape index (κ2) is 4.66. The number of nitrogen functional groups attached to an aromatic ring is 1. The Hall–Kier alpha value is -0.740. The molecule has 0 aliphatic carbocycles. The van der Waals surface area contributed by atoms with Crippen LogP contribution in [0.3, 0.4) is 0 Å². The molecule has 0 spiro atoms. The minimum atomic E-state index is 0.796. The van der Waals surface area contributed by atoms with Crippen molar-refractivity contribution in [1.82, 2.24) is 10.3 Å². The van der Waals surface area contributed by atoms with Crippen LogP contribution < -0.4 is 11.1 Å². The average molecular weight is 209 g/mol. The summed E-state index contributed by atoms with van der Waals surface area (Å²) in [6, 6.07) is 1.99. The molecule has 4 heteroatoms. The third-order valence-corrected chi connectivity index (χ3v) is 3.58. The van der Waals surface area contributed by atoms with Crippen LogP contribution in [0.4, 0.5) is 5.69 Å². The number of rotatable bonds is 4. The van der Waals surface area contributed by atoms with Gasteiger partial charge in [-0.05, 0) is 37.2 Å². The van der Waals surface area contributed by atoms with Gasteiger partial charge < -0.3 is 11.1 Å².